The molecule has 8 heteroatoms. The molecule has 18 heavy (non-hydrogen) atoms. The topological polar surface area (TPSA) is 98.8 Å². The Bertz CT molecular complexity index is 339. The predicted octanol–water partition coefficient (Wildman–Crippen LogP) is -3.10. The van der Waals surface area contributed by atoms with E-state index in [1.165, 1.54) is 0 Å². The number of nitrogens with zero attached hydrogens (tertiary/aromatic N) is 2. The molecule has 2 N–H and O–H groups in total. The minimum atomic E-state index is -0.332. The highest BCUT2D eigenvalue weighted by Crippen LogP contribution is 2.01. The molecule has 8 nitrogen and oxygen atoms in total. The van der Waals surface area contributed by atoms with E-state index < -0.39 is 0 Å². The van der Waals surface area contributed by atoms with Crippen molar-refractivity contribution in [3.05, 3.63) is 0 Å². The van der Waals surface area contributed by atoms with Gasteiger partial charge in [0.2, 0.25) is 23.6 Å². The summed E-state index contributed by atoms with van der Waals surface area (Å²) >= 11 is 0. The number of amides is 4. The van der Waals surface area contributed by atoms with Crippen LogP contribution in [0.15, 0.2) is 0 Å². The molecule has 2 saturated heterocycles. The highest BCUT2D eigenvalue weighted by Gasteiger charge is 2.29. The Morgan fingerprint density at radius 1 is 0.667 bits per heavy atom. The second-order valence-corrected chi connectivity index (χ2v) is 4.09. The molecule has 2 rings (SSSR count). The third-order valence-corrected chi connectivity index (χ3v) is 2.86. The summed E-state index contributed by atoms with van der Waals surface area (Å²) in [4.78, 5) is 48.1. The molecule has 0 spiro atoms. The highest BCUT2D eigenvalue weighted by molar-refractivity contribution is 6.01. The summed E-state index contributed by atoms with van der Waals surface area (Å²) in [5.41, 5.74) is 0. The maximum absolute atomic E-state index is 11.5. The Balaban J connectivity index is 1.93. The SMILES string of the molecule is O=C1CNCC(=O)N1CCN1C(=O)CNCC1=O. The highest BCUT2D eigenvalue weighted by atomic mass is 16.2. The molecule has 0 aromatic heterocycles. The van der Waals surface area contributed by atoms with Gasteiger partial charge in [0.15, 0.2) is 0 Å². The molecule has 4 amide bonds. The molecule has 0 unspecified atom stereocenters. The first kappa shape index (κ1) is 12.7. The van der Waals surface area contributed by atoms with Crippen molar-refractivity contribution in [2.45, 2.75) is 0 Å². The van der Waals surface area contributed by atoms with Crippen LogP contribution in [0.2, 0.25) is 0 Å². The first-order valence-electron chi connectivity index (χ1n) is 5.67. The molecule has 0 aliphatic carbocycles. The van der Waals surface area contributed by atoms with Crippen LogP contribution in [-0.2, 0) is 19.2 Å². The standard InChI is InChI=1S/C10H14N4O4/c15-7-3-11-4-8(16)13(7)1-2-14-9(17)5-12-6-10(14)18/h11-12H,1-6H2. The molecule has 0 saturated carbocycles. The van der Waals surface area contributed by atoms with E-state index in [0.717, 1.165) is 9.80 Å². The van der Waals surface area contributed by atoms with Crippen molar-refractivity contribution in [2.24, 2.45) is 0 Å². The third kappa shape index (κ3) is 2.54. The fraction of sp³-hybridized carbons (Fsp3) is 0.600. The van der Waals surface area contributed by atoms with Crippen molar-refractivity contribution in [2.75, 3.05) is 39.3 Å². The van der Waals surface area contributed by atoms with E-state index in [2.05, 4.69) is 10.6 Å². The molecular weight excluding hydrogens is 240 g/mol. The molecule has 0 bridgehead atoms. The van der Waals surface area contributed by atoms with Gasteiger partial charge in [0.05, 0.1) is 26.2 Å². The van der Waals surface area contributed by atoms with Crippen molar-refractivity contribution in [1.29, 1.82) is 0 Å². The van der Waals surface area contributed by atoms with Gasteiger partial charge in [-0.15, -0.1) is 0 Å². The third-order valence-electron chi connectivity index (χ3n) is 2.86. The monoisotopic (exact) mass is 254 g/mol. The average Bonchev–Trinajstić information content (AvgIpc) is 2.31. The van der Waals surface area contributed by atoms with E-state index in [1.807, 2.05) is 0 Å². The number of imide groups is 2. The van der Waals surface area contributed by atoms with Gasteiger partial charge >= 0.3 is 0 Å². The van der Waals surface area contributed by atoms with Gasteiger partial charge in [-0.25, -0.2) is 0 Å². The zero-order chi connectivity index (χ0) is 13.1. The predicted molar refractivity (Wildman–Crippen MR) is 59.2 cm³/mol. The van der Waals surface area contributed by atoms with Crippen molar-refractivity contribution in [1.82, 2.24) is 20.4 Å². The molecule has 2 aliphatic heterocycles. The van der Waals surface area contributed by atoms with Gasteiger partial charge in [-0.2, -0.15) is 0 Å². The quantitative estimate of drug-likeness (QED) is 0.518. The van der Waals surface area contributed by atoms with Gasteiger partial charge in [0, 0.05) is 13.1 Å². The van der Waals surface area contributed by atoms with Crippen LogP contribution in [0.1, 0.15) is 0 Å². The molecule has 2 fully saturated rings. The van der Waals surface area contributed by atoms with Crippen LogP contribution in [0.4, 0.5) is 0 Å². The van der Waals surface area contributed by atoms with Crippen molar-refractivity contribution < 1.29 is 19.2 Å². The summed E-state index contributed by atoms with van der Waals surface area (Å²) in [5.74, 6) is -1.33. The van der Waals surface area contributed by atoms with Crippen LogP contribution >= 0.6 is 0 Å². The van der Waals surface area contributed by atoms with Crippen LogP contribution in [0.5, 0.6) is 0 Å². The van der Waals surface area contributed by atoms with E-state index in [0.29, 0.717) is 0 Å². The van der Waals surface area contributed by atoms with E-state index in [-0.39, 0.29) is 62.9 Å². The van der Waals surface area contributed by atoms with E-state index in [9.17, 15) is 19.2 Å². The van der Waals surface area contributed by atoms with Crippen LogP contribution in [0.25, 0.3) is 0 Å². The van der Waals surface area contributed by atoms with E-state index in [4.69, 9.17) is 0 Å². The summed E-state index contributed by atoms with van der Waals surface area (Å²) in [7, 11) is 0. The second kappa shape index (κ2) is 5.23. The van der Waals surface area contributed by atoms with E-state index >= 15 is 0 Å². The number of hydrogen-bond donors (Lipinski definition) is 2. The first-order chi connectivity index (χ1) is 8.59. The summed E-state index contributed by atoms with van der Waals surface area (Å²) in [6.45, 7) is 0.558. The van der Waals surface area contributed by atoms with Gasteiger partial charge in [0.1, 0.15) is 0 Å². The molecule has 0 aromatic carbocycles. The number of hydrogen-bond acceptors (Lipinski definition) is 6. The Morgan fingerprint density at radius 3 is 1.22 bits per heavy atom. The summed E-state index contributed by atoms with van der Waals surface area (Å²) in [6, 6.07) is 0. The number of piperazine rings is 2. The smallest absolute Gasteiger partial charge is 0.243 e. The maximum Gasteiger partial charge on any atom is 0.243 e. The van der Waals surface area contributed by atoms with Crippen LogP contribution < -0.4 is 10.6 Å². The zero-order valence-electron chi connectivity index (χ0n) is 9.77. The lowest BCUT2D eigenvalue weighted by molar-refractivity contribution is -0.152. The minimum absolute atomic E-state index is 0.0663. The fourth-order valence-corrected chi connectivity index (χ4v) is 1.91. The average molecular weight is 254 g/mol. The normalized spacial score (nSPS) is 21.8. The van der Waals surface area contributed by atoms with Gasteiger partial charge in [-0.3, -0.25) is 39.6 Å². The Labute approximate surface area is 103 Å². The fourth-order valence-electron chi connectivity index (χ4n) is 1.91. The minimum Gasteiger partial charge on any atom is -0.300 e. The van der Waals surface area contributed by atoms with Crippen molar-refractivity contribution in [3.8, 4) is 0 Å². The Morgan fingerprint density at radius 2 is 0.944 bits per heavy atom. The molecule has 0 radical (unpaired) electrons. The molecule has 98 valence electrons. The zero-order valence-corrected chi connectivity index (χ0v) is 9.77. The number of carbonyl (C=O) groups excluding carboxylic acids is 4. The molecule has 0 atom stereocenters. The lowest BCUT2D eigenvalue weighted by atomic mass is 10.3. The molecule has 2 heterocycles. The largest absolute Gasteiger partial charge is 0.300 e. The van der Waals surface area contributed by atoms with Gasteiger partial charge < -0.3 is 0 Å². The number of nitrogens with one attached hydrogen (secondary N) is 2. The number of rotatable bonds is 3. The molecule has 2 aliphatic rings. The first-order valence-corrected chi connectivity index (χ1v) is 5.67. The van der Waals surface area contributed by atoms with Gasteiger partial charge in [0.25, 0.3) is 0 Å². The lowest BCUT2D eigenvalue weighted by Gasteiger charge is -2.30. The Kier molecular flexibility index (Phi) is 3.68. The van der Waals surface area contributed by atoms with Crippen molar-refractivity contribution >= 4 is 23.6 Å². The lowest BCUT2D eigenvalue weighted by Crippen LogP contribution is -2.57. The van der Waals surface area contributed by atoms with Crippen LogP contribution in [0.3, 0.4) is 0 Å². The number of carbonyl (C=O) groups is 4. The van der Waals surface area contributed by atoms with Crippen molar-refractivity contribution in [3.63, 3.8) is 0 Å². The Hall–Kier alpha value is -1.80. The van der Waals surface area contributed by atoms with Gasteiger partial charge in [-0.1, -0.05) is 0 Å². The van der Waals surface area contributed by atoms with E-state index in [1.54, 1.807) is 0 Å². The summed E-state index contributed by atoms with van der Waals surface area (Å²) in [5, 5.41) is 5.34. The van der Waals surface area contributed by atoms with Crippen LogP contribution in [-0.4, -0.2) is 72.7 Å². The summed E-state index contributed by atoms with van der Waals surface area (Å²) in [6.07, 6.45) is 0. The van der Waals surface area contributed by atoms with Crippen LogP contribution in [0, 0.1) is 0 Å². The summed E-state index contributed by atoms with van der Waals surface area (Å²) < 4.78 is 0. The molecular formula is C10H14N4O4. The second-order valence-electron chi connectivity index (χ2n) is 4.09. The maximum atomic E-state index is 11.5. The molecule has 0 aromatic rings. The van der Waals surface area contributed by atoms with Gasteiger partial charge in [-0.05, 0) is 0 Å².